The van der Waals surface area contributed by atoms with Crippen molar-refractivity contribution in [1.82, 2.24) is 4.31 Å². The third-order valence-electron chi connectivity index (χ3n) is 3.66. The summed E-state index contributed by atoms with van der Waals surface area (Å²) < 4.78 is 26.2. The SMILES string of the molecule is CC1CN(S(=O)(=O)c2ccccc2)C(=O)N1c1ccccc1. The van der Waals surface area contributed by atoms with Gasteiger partial charge in [0.1, 0.15) is 0 Å². The molecule has 1 heterocycles. The van der Waals surface area contributed by atoms with Gasteiger partial charge in [0.05, 0.1) is 17.5 Å². The zero-order valence-electron chi connectivity index (χ0n) is 12.1. The Kier molecular flexibility index (Phi) is 3.62. The molecule has 0 spiro atoms. The zero-order valence-corrected chi connectivity index (χ0v) is 12.9. The van der Waals surface area contributed by atoms with Gasteiger partial charge in [-0.3, -0.25) is 4.90 Å². The third-order valence-corrected chi connectivity index (χ3v) is 5.41. The van der Waals surface area contributed by atoms with E-state index in [0.717, 1.165) is 4.31 Å². The first kappa shape index (κ1) is 14.6. The highest BCUT2D eigenvalue weighted by atomic mass is 32.2. The number of rotatable bonds is 3. The molecule has 114 valence electrons. The molecule has 0 bridgehead atoms. The molecule has 22 heavy (non-hydrogen) atoms. The zero-order chi connectivity index (χ0) is 15.7. The molecule has 0 saturated carbocycles. The third kappa shape index (κ3) is 2.35. The largest absolute Gasteiger partial charge is 0.338 e. The highest BCUT2D eigenvalue weighted by Crippen LogP contribution is 2.28. The lowest BCUT2D eigenvalue weighted by Gasteiger charge is -2.20. The van der Waals surface area contributed by atoms with Crippen molar-refractivity contribution in [2.24, 2.45) is 0 Å². The fourth-order valence-corrected chi connectivity index (χ4v) is 4.04. The van der Waals surface area contributed by atoms with Crippen LogP contribution in [0.4, 0.5) is 10.5 Å². The summed E-state index contributed by atoms with van der Waals surface area (Å²) in [6.45, 7) is 1.98. The first-order valence-electron chi connectivity index (χ1n) is 6.98. The summed E-state index contributed by atoms with van der Waals surface area (Å²) in [5, 5.41) is 0. The molecule has 1 fully saturated rings. The van der Waals surface area contributed by atoms with Crippen LogP contribution < -0.4 is 4.90 Å². The lowest BCUT2D eigenvalue weighted by molar-refractivity contribution is 0.239. The van der Waals surface area contributed by atoms with Gasteiger partial charge in [-0.2, -0.15) is 0 Å². The van der Waals surface area contributed by atoms with Gasteiger partial charge in [-0.15, -0.1) is 0 Å². The minimum absolute atomic E-state index is 0.130. The molecule has 2 aromatic carbocycles. The minimum Gasteiger partial charge on any atom is -0.289 e. The van der Waals surface area contributed by atoms with Gasteiger partial charge in [0, 0.05) is 5.69 Å². The van der Waals surface area contributed by atoms with Crippen LogP contribution in [-0.2, 0) is 10.0 Å². The van der Waals surface area contributed by atoms with Gasteiger partial charge in [-0.1, -0.05) is 36.4 Å². The Morgan fingerprint density at radius 2 is 1.50 bits per heavy atom. The summed E-state index contributed by atoms with van der Waals surface area (Å²) in [5.41, 5.74) is 0.700. The molecule has 0 aliphatic carbocycles. The number of anilines is 1. The van der Waals surface area contributed by atoms with E-state index in [4.69, 9.17) is 0 Å². The first-order chi connectivity index (χ1) is 10.5. The van der Waals surface area contributed by atoms with Crippen LogP contribution >= 0.6 is 0 Å². The lowest BCUT2D eigenvalue weighted by atomic mass is 10.2. The fraction of sp³-hybridized carbons (Fsp3) is 0.188. The van der Waals surface area contributed by atoms with Gasteiger partial charge in [-0.25, -0.2) is 17.5 Å². The van der Waals surface area contributed by atoms with Gasteiger partial charge in [0.25, 0.3) is 10.0 Å². The summed E-state index contributed by atoms with van der Waals surface area (Å²) in [5.74, 6) is 0. The van der Waals surface area contributed by atoms with Crippen molar-refractivity contribution in [3.8, 4) is 0 Å². The quantitative estimate of drug-likeness (QED) is 0.875. The summed E-state index contributed by atoms with van der Waals surface area (Å²) >= 11 is 0. The van der Waals surface area contributed by atoms with E-state index < -0.39 is 16.1 Å². The second-order valence-electron chi connectivity index (χ2n) is 5.19. The van der Waals surface area contributed by atoms with Crippen LogP contribution in [0.2, 0.25) is 0 Å². The van der Waals surface area contributed by atoms with E-state index in [-0.39, 0.29) is 17.5 Å². The molecule has 1 saturated heterocycles. The molecule has 3 rings (SSSR count). The lowest BCUT2D eigenvalue weighted by Crippen LogP contribution is -2.36. The van der Waals surface area contributed by atoms with Crippen LogP contribution in [0, 0.1) is 0 Å². The van der Waals surface area contributed by atoms with Crippen LogP contribution in [-0.4, -0.2) is 31.3 Å². The van der Waals surface area contributed by atoms with E-state index >= 15 is 0 Å². The average Bonchev–Trinajstić information content (AvgIpc) is 2.84. The number of benzene rings is 2. The Morgan fingerprint density at radius 1 is 0.955 bits per heavy atom. The number of carbonyl (C=O) groups is 1. The fourth-order valence-electron chi connectivity index (χ4n) is 2.58. The Hall–Kier alpha value is -2.34. The van der Waals surface area contributed by atoms with Crippen molar-refractivity contribution in [1.29, 1.82) is 0 Å². The number of nitrogens with zero attached hydrogens (tertiary/aromatic N) is 2. The Bertz CT molecular complexity index is 776. The molecule has 2 amide bonds. The Balaban J connectivity index is 1.97. The van der Waals surface area contributed by atoms with Crippen molar-refractivity contribution in [3.63, 3.8) is 0 Å². The molecule has 1 atom stereocenters. The maximum atomic E-state index is 12.6. The van der Waals surface area contributed by atoms with Crippen LogP contribution in [0.3, 0.4) is 0 Å². The molecule has 0 N–H and O–H groups in total. The van der Waals surface area contributed by atoms with Gasteiger partial charge in [-0.05, 0) is 31.2 Å². The number of hydrogen-bond acceptors (Lipinski definition) is 3. The van der Waals surface area contributed by atoms with Gasteiger partial charge in [0.2, 0.25) is 0 Å². The predicted octanol–water partition coefficient (Wildman–Crippen LogP) is 2.71. The average molecular weight is 316 g/mol. The second kappa shape index (κ2) is 5.46. The maximum Gasteiger partial charge on any atom is 0.338 e. The van der Waals surface area contributed by atoms with Crippen LogP contribution in [0.25, 0.3) is 0 Å². The van der Waals surface area contributed by atoms with E-state index in [0.29, 0.717) is 5.69 Å². The standard InChI is InChI=1S/C16H16N2O3S/c1-13-12-17(22(20,21)15-10-6-3-7-11-15)16(19)18(13)14-8-4-2-5-9-14/h2-11,13H,12H2,1H3. The molecule has 6 heteroatoms. The number of urea groups is 1. The Labute approximate surface area is 129 Å². The molecule has 0 aromatic heterocycles. The van der Waals surface area contributed by atoms with Gasteiger partial charge in [0.15, 0.2) is 0 Å². The van der Waals surface area contributed by atoms with Crippen LogP contribution in [0.1, 0.15) is 6.92 Å². The minimum atomic E-state index is -3.82. The van der Waals surface area contributed by atoms with Crippen molar-refractivity contribution in [2.75, 3.05) is 11.4 Å². The monoisotopic (exact) mass is 316 g/mol. The van der Waals surface area contributed by atoms with Crippen molar-refractivity contribution < 1.29 is 13.2 Å². The van der Waals surface area contributed by atoms with E-state index in [1.165, 1.54) is 17.0 Å². The second-order valence-corrected chi connectivity index (χ2v) is 7.05. The van der Waals surface area contributed by atoms with Gasteiger partial charge < -0.3 is 0 Å². The van der Waals surface area contributed by atoms with Crippen LogP contribution in [0.5, 0.6) is 0 Å². The summed E-state index contributed by atoms with van der Waals surface area (Å²) in [7, 11) is -3.82. The molecular formula is C16H16N2O3S. The summed E-state index contributed by atoms with van der Waals surface area (Å²) in [4.78, 5) is 14.3. The Morgan fingerprint density at radius 3 is 2.09 bits per heavy atom. The van der Waals surface area contributed by atoms with Crippen molar-refractivity contribution in [2.45, 2.75) is 17.9 Å². The van der Waals surface area contributed by atoms with Gasteiger partial charge >= 0.3 is 6.03 Å². The normalized spacial score (nSPS) is 18.8. The maximum absolute atomic E-state index is 12.6. The van der Waals surface area contributed by atoms with E-state index in [1.54, 1.807) is 30.3 Å². The summed E-state index contributed by atoms with van der Waals surface area (Å²) in [6, 6.07) is 16.4. The van der Waals surface area contributed by atoms with E-state index in [1.807, 2.05) is 25.1 Å². The molecule has 2 aromatic rings. The molecule has 0 radical (unpaired) electrons. The number of sulfonamides is 1. The molecule has 1 unspecified atom stereocenters. The number of hydrogen-bond donors (Lipinski definition) is 0. The predicted molar refractivity (Wildman–Crippen MR) is 84.1 cm³/mol. The topological polar surface area (TPSA) is 57.7 Å². The highest BCUT2D eigenvalue weighted by Gasteiger charge is 2.42. The molecule has 1 aliphatic heterocycles. The molecule has 1 aliphatic rings. The molecular weight excluding hydrogens is 300 g/mol. The molecule has 5 nitrogen and oxygen atoms in total. The number of para-hydroxylation sites is 1. The van der Waals surface area contributed by atoms with Crippen LogP contribution in [0.15, 0.2) is 65.6 Å². The van der Waals surface area contributed by atoms with Crippen molar-refractivity contribution in [3.05, 3.63) is 60.7 Å². The van der Waals surface area contributed by atoms with E-state index in [2.05, 4.69) is 0 Å². The summed E-state index contributed by atoms with van der Waals surface area (Å²) in [6.07, 6.45) is 0. The van der Waals surface area contributed by atoms with Crippen molar-refractivity contribution >= 4 is 21.7 Å². The number of amides is 2. The number of carbonyl (C=O) groups excluding carboxylic acids is 1. The first-order valence-corrected chi connectivity index (χ1v) is 8.42. The van der Waals surface area contributed by atoms with E-state index in [9.17, 15) is 13.2 Å². The smallest absolute Gasteiger partial charge is 0.289 e. The highest BCUT2D eigenvalue weighted by molar-refractivity contribution is 7.89.